The fourth-order valence-electron chi connectivity index (χ4n) is 4.50. The maximum Gasteiger partial charge on any atom is 0.315 e. The predicted molar refractivity (Wildman–Crippen MR) is 134 cm³/mol. The Morgan fingerprint density at radius 2 is 1.94 bits per heavy atom. The van der Waals surface area contributed by atoms with Gasteiger partial charge in [-0.15, -0.1) is 11.3 Å². The maximum absolute atomic E-state index is 13.1. The van der Waals surface area contributed by atoms with Crippen molar-refractivity contribution in [2.45, 2.75) is 44.3 Å². The van der Waals surface area contributed by atoms with Crippen molar-refractivity contribution in [3.05, 3.63) is 26.9 Å². The summed E-state index contributed by atoms with van der Waals surface area (Å²) in [5.74, 6) is -2.46. The van der Waals surface area contributed by atoms with E-state index < -0.39 is 23.9 Å². The first-order valence-corrected chi connectivity index (χ1v) is 12.8. The molecule has 3 atom stereocenters. The maximum atomic E-state index is 13.1. The van der Waals surface area contributed by atoms with E-state index in [1.807, 2.05) is 7.05 Å². The van der Waals surface area contributed by atoms with E-state index in [1.54, 1.807) is 14.1 Å². The van der Waals surface area contributed by atoms with Gasteiger partial charge in [-0.2, -0.15) is 0 Å². The Morgan fingerprint density at radius 1 is 1.17 bits per heavy atom. The third kappa shape index (κ3) is 6.02. The number of hydrogen-bond donors (Lipinski definition) is 4. The molecule has 36 heavy (non-hydrogen) atoms. The van der Waals surface area contributed by atoms with Crippen LogP contribution in [0.5, 0.6) is 0 Å². The molecule has 0 spiro atoms. The number of H-pyrrole nitrogens is 1. The Balaban J connectivity index is 1.46. The predicted octanol–water partition coefficient (Wildman–Crippen LogP) is 0.618. The smallest absolute Gasteiger partial charge is 0.315 e. The van der Waals surface area contributed by atoms with Crippen LogP contribution in [0.4, 0.5) is 5.95 Å². The van der Waals surface area contributed by atoms with Gasteiger partial charge >= 0.3 is 11.8 Å². The van der Waals surface area contributed by atoms with Gasteiger partial charge in [0.25, 0.3) is 5.91 Å². The van der Waals surface area contributed by atoms with Crippen LogP contribution in [-0.2, 0) is 27.3 Å². The van der Waals surface area contributed by atoms with Gasteiger partial charge in [-0.3, -0.25) is 24.5 Å². The number of fused-ring (bicyclic) bond motifs is 1. The van der Waals surface area contributed by atoms with E-state index in [2.05, 4.69) is 35.8 Å². The number of carbonyl (C=O) groups excluding carboxylic acids is 4. The molecule has 12 nitrogen and oxygen atoms in total. The molecular formula is C22H29ClN8O4S. The van der Waals surface area contributed by atoms with Gasteiger partial charge < -0.3 is 25.4 Å². The quantitative estimate of drug-likeness (QED) is 0.409. The summed E-state index contributed by atoms with van der Waals surface area (Å²) in [5.41, 5.74) is 0.937. The summed E-state index contributed by atoms with van der Waals surface area (Å²) in [6.45, 7) is 1.63. The molecule has 1 fully saturated rings. The second kappa shape index (κ2) is 10.9. The molecule has 0 aromatic carbocycles. The van der Waals surface area contributed by atoms with Crippen LogP contribution in [0.25, 0.3) is 0 Å². The molecule has 0 radical (unpaired) electrons. The van der Waals surface area contributed by atoms with Crippen LogP contribution in [0.3, 0.4) is 0 Å². The van der Waals surface area contributed by atoms with Crippen molar-refractivity contribution in [2.24, 2.45) is 5.92 Å². The molecule has 4 amide bonds. The minimum atomic E-state index is -0.922. The minimum Gasteiger partial charge on any atom is -0.349 e. The van der Waals surface area contributed by atoms with Crippen molar-refractivity contribution >= 4 is 52.5 Å². The SMILES string of the molecule is CN1CCc2nc(C(=O)N[C@@H]3C[C@@H](C(=O)N(C)C)CC[C@@H]3NC(=O)C(=O)Nc3ncc(Cl)[nH]3)sc2C1. The number of imidazole rings is 1. The van der Waals surface area contributed by atoms with Crippen molar-refractivity contribution in [2.75, 3.05) is 33.0 Å². The van der Waals surface area contributed by atoms with E-state index in [1.165, 1.54) is 22.4 Å². The number of nitrogens with zero attached hydrogens (tertiary/aromatic N) is 4. The van der Waals surface area contributed by atoms with Crippen molar-refractivity contribution in [1.82, 2.24) is 35.4 Å². The van der Waals surface area contributed by atoms with Crippen LogP contribution in [0, 0.1) is 5.92 Å². The molecule has 0 unspecified atom stereocenters. The van der Waals surface area contributed by atoms with Gasteiger partial charge in [0, 0.05) is 50.4 Å². The molecular weight excluding hydrogens is 508 g/mol. The van der Waals surface area contributed by atoms with E-state index in [0.717, 1.165) is 30.1 Å². The number of likely N-dealkylation sites (N-methyl/N-ethyl adjacent to an activating group) is 1. The molecule has 4 N–H and O–H groups in total. The Labute approximate surface area is 217 Å². The number of rotatable bonds is 5. The molecule has 2 aromatic rings. The summed E-state index contributed by atoms with van der Waals surface area (Å²) in [6, 6.07) is -1.10. The minimum absolute atomic E-state index is 0.0424. The lowest BCUT2D eigenvalue weighted by atomic mass is 9.81. The second-order valence-electron chi connectivity index (χ2n) is 9.31. The average Bonchev–Trinajstić information content (AvgIpc) is 3.44. The number of halogens is 1. The van der Waals surface area contributed by atoms with E-state index in [0.29, 0.717) is 24.3 Å². The van der Waals surface area contributed by atoms with Crippen LogP contribution in [0.1, 0.15) is 39.6 Å². The number of nitrogens with one attached hydrogen (secondary N) is 4. The van der Waals surface area contributed by atoms with Gasteiger partial charge in [0.15, 0.2) is 5.01 Å². The molecule has 1 aliphatic carbocycles. The zero-order chi connectivity index (χ0) is 26.0. The third-order valence-electron chi connectivity index (χ3n) is 6.37. The highest BCUT2D eigenvalue weighted by atomic mass is 35.5. The van der Waals surface area contributed by atoms with E-state index in [4.69, 9.17) is 11.6 Å². The molecule has 3 heterocycles. The first kappa shape index (κ1) is 26.0. The van der Waals surface area contributed by atoms with E-state index in [-0.39, 0.29) is 28.8 Å². The molecule has 194 valence electrons. The fourth-order valence-corrected chi connectivity index (χ4v) is 5.73. The zero-order valence-electron chi connectivity index (χ0n) is 20.3. The van der Waals surface area contributed by atoms with Gasteiger partial charge in [-0.05, 0) is 26.3 Å². The molecule has 0 bridgehead atoms. The molecule has 1 saturated carbocycles. The Hall–Kier alpha value is -3.03. The van der Waals surface area contributed by atoms with Crippen LogP contribution in [-0.4, -0.2) is 88.2 Å². The Morgan fingerprint density at radius 3 is 2.64 bits per heavy atom. The van der Waals surface area contributed by atoms with Gasteiger partial charge in [-0.1, -0.05) is 11.6 Å². The van der Waals surface area contributed by atoms with Crippen LogP contribution in [0.2, 0.25) is 5.15 Å². The number of thiazole rings is 1. The number of hydrogen-bond acceptors (Lipinski definition) is 8. The Bertz CT molecular complexity index is 1160. The average molecular weight is 537 g/mol. The summed E-state index contributed by atoms with van der Waals surface area (Å²) >= 11 is 7.11. The molecule has 4 rings (SSSR count). The molecule has 0 saturated heterocycles. The number of anilines is 1. The van der Waals surface area contributed by atoms with Crippen LogP contribution < -0.4 is 16.0 Å². The van der Waals surface area contributed by atoms with Gasteiger partial charge in [0.1, 0.15) is 5.15 Å². The summed E-state index contributed by atoms with van der Waals surface area (Å²) in [7, 11) is 5.40. The first-order valence-electron chi connectivity index (χ1n) is 11.6. The largest absolute Gasteiger partial charge is 0.349 e. The fraction of sp³-hybridized carbons (Fsp3) is 0.545. The second-order valence-corrected chi connectivity index (χ2v) is 10.8. The lowest BCUT2D eigenvalue weighted by molar-refractivity contribution is -0.137. The van der Waals surface area contributed by atoms with Crippen molar-refractivity contribution in [1.29, 1.82) is 0 Å². The van der Waals surface area contributed by atoms with Crippen molar-refractivity contribution in [3.8, 4) is 0 Å². The number of aromatic amines is 1. The Kier molecular flexibility index (Phi) is 7.91. The summed E-state index contributed by atoms with van der Waals surface area (Å²) in [6.07, 6.45) is 3.35. The van der Waals surface area contributed by atoms with Crippen LogP contribution in [0.15, 0.2) is 6.20 Å². The highest BCUT2D eigenvalue weighted by Gasteiger charge is 2.37. The highest BCUT2D eigenvalue weighted by Crippen LogP contribution is 2.28. The lowest BCUT2D eigenvalue weighted by Crippen LogP contribution is -2.57. The highest BCUT2D eigenvalue weighted by molar-refractivity contribution is 7.13. The summed E-state index contributed by atoms with van der Waals surface area (Å²) < 4.78 is 0. The first-order chi connectivity index (χ1) is 17.1. The summed E-state index contributed by atoms with van der Waals surface area (Å²) in [5, 5.41) is 8.59. The number of carbonyl (C=O) groups is 4. The lowest BCUT2D eigenvalue weighted by Gasteiger charge is -2.37. The van der Waals surface area contributed by atoms with Crippen molar-refractivity contribution < 1.29 is 19.2 Å². The van der Waals surface area contributed by atoms with E-state index >= 15 is 0 Å². The molecule has 1 aliphatic heterocycles. The van der Waals surface area contributed by atoms with Gasteiger partial charge in [0.05, 0.1) is 17.9 Å². The molecule has 2 aromatic heterocycles. The van der Waals surface area contributed by atoms with Crippen molar-refractivity contribution in [3.63, 3.8) is 0 Å². The topological polar surface area (TPSA) is 152 Å². The zero-order valence-corrected chi connectivity index (χ0v) is 21.8. The third-order valence-corrected chi connectivity index (χ3v) is 7.65. The number of amides is 4. The normalized spacial score (nSPS) is 21.8. The molecule has 2 aliphatic rings. The standard InChI is InChI=1S/C22H29ClN8O4S/c1-30(2)21(35)11-4-5-12(25-17(32)18(33)29-22-24-9-16(23)28-22)14(8-11)26-19(34)20-27-13-6-7-31(3)10-15(13)36-20/h9,11-12,14H,4-8,10H2,1-3H3,(H,25,32)(H,26,34)(H2,24,28,29,33)/t11-,12-,14+/m0/s1. The van der Waals surface area contributed by atoms with Gasteiger partial charge in [-0.25, -0.2) is 9.97 Å². The van der Waals surface area contributed by atoms with Gasteiger partial charge in [0.2, 0.25) is 11.9 Å². The molecule has 14 heteroatoms. The summed E-state index contributed by atoms with van der Waals surface area (Å²) in [4.78, 5) is 66.5. The van der Waals surface area contributed by atoms with Crippen LogP contribution >= 0.6 is 22.9 Å². The number of aromatic nitrogens is 3. The monoisotopic (exact) mass is 536 g/mol. The van der Waals surface area contributed by atoms with E-state index in [9.17, 15) is 19.2 Å².